The van der Waals surface area contributed by atoms with Crippen molar-refractivity contribution in [2.45, 2.75) is 65.6 Å². The molecule has 0 unspecified atom stereocenters. The van der Waals surface area contributed by atoms with Crippen molar-refractivity contribution in [3.05, 3.63) is 17.5 Å². The van der Waals surface area contributed by atoms with Crippen molar-refractivity contribution < 1.29 is 0 Å². The molecule has 1 aliphatic rings. The normalized spacial score (nSPS) is 16.5. The van der Waals surface area contributed by atoms with Crippen LogP contribution in [-0.2, 0) is 19.5 Å². The fourth-order valence-electron chi connectivity index (χ4n) is 2.37. The third-order valence-corrected chi connectivity index (χ3v) is 3.90. The van der Waals surface area contributed by atoms with E-state index in [1.807, 2.05) is 0 Å². The maximum Gasteiger partial charge on any atom is 0.0625 e. The Morgan fingerprint density at radius 2 is 2.12 bits per heavy atom. The van der Waals surface area contributed by atoms with E-state index in [1.165, 1.54) is 24.2 Å². The number of hydrogen-bond acceptors (Lipinski definition) is 2. The Morgan fingerprint density at radius 1 is 1.41 bits per heavy atom. The van der Waals surface area contributed by atoms with E-state index in [2.05, 4.69) is 48.9 Å². The summed E-state index contributed by atoms with van der Waals surface area (Å²) in [7, 11) is 0. The SMILES string of the molecule is CCc1cc(CNC(C)(C)C2CC2)n(CC)n1. The predicted molar refractivity (Wildman–Crippen MR) is 70.9 cm³/mol. The largest absolute Gasteiger partial charge is 0.306 e. The molecule has 2 rings (SSSR count). The lowest BCUT2D eigenvalue weighted by Gasteiger charge is -2.26. The molecular formula is C14H25N3. The maximum absolute atomic E-state index is 4.58. The average Bonchev–Trinajstić information content (AvgIpc) is 3.08. The molecule has 1 aromatic rings. The minimum Gasteiger partial charge on any atom is -0.306 e. The fraction of sp³-hybridized carbons (Fsp3) is 0.786. The summed E-state index contributed by atoms with van der Waals surface area (Å²) in [6.07, 6.45) is 3.78. The van der Waals surface area contributed by atoms with Gasteiger partial charge in [-0.15, -0.1) is 0 Å². The van der Waals surface area contributed by atoms with Crippen molar-refractivity contribution in [2.75, 3.05) is 0 Å². The summed E-state index contributed by atoms with van der Waals surface area (Å²) < 4.78 is 2.12. The third kappa shape index (κ3) is 2.89. The van der Waals surface area contributed by atoms with E-state index >= 15 is 0 Å². The molecule has 17 heavy (non-hydrogen) atoms. The summed E-state index contributed by atoms with van der Waals surface area (Å²) in [6.45, 7) is 10.8. The van der Waals surface area contributed by atoms with Crippen LogP contribution in [0.4, 0.5) is 0 Å². The summed E-state index contributed by atoms with van der Waals surface area (Å²) in [4.78, 5) is 0. The topological polar surface area (TPSA) is 29.9 Å². The summed E-state index contributed by atoms with van der Waals surface area (Å²) in [5, 5.41) is 8.27. The first-order chi connectivity index (χ1) is 8.06. The highest BCUT2D eigenvalue weighted by atomic mass is 15.3. The lowest BCUT2D eigenvalue weighted by molar-refractivity contribution is 0.334. The minimum atomic E-state index is 0.273. The smallest absolute Gasteiger partial charge is 0.0625 e. The highest BCUT2D eigenvalue weighted by Crippen LogP contribution is 2.39. The summed E-state index contributed by atoms with van der Waals surface area (Å²) >= 11 is 0. The lowest BCUT2D eigenvalue weighted by atomic mass is 9.99. The number of nitrogens with zero attached hydrogens (tertiary/aromatic N) is 2. The first-order valence-electron chi connectivity index (χ1n) is 6.87. The molecule has 1 heterocycles. The van der Waals surface area contributed by atoms with E-state index < -0.39 is 0 Å². The van der Waals surface area contributed by atoms with Crippen LogP contribution in [0.5, 0.6) is 0 Å². The van der Waals surface area contributed by atoms with Gasteiger partial charge >= 0.3 is 0 Å². The van der Waals surface area contributed by atoms with Gasteiger partial charge in [0.05, 0.1) is 11.4 Å². The van der Waals surface area contributed by atoms with Crippen LogP contribution in [0.1, 0.15) is 51.9 Å². The molecule has 3 nitrogen and oxygen atoms in total. The van der Waals surface area contributed by atoms with Gasteiger partial charge in [-0.3, -0.25) is 4.68 Å². The molecule has 0 atom stereocenters. The maximum atomic E-state index is 4.58. The summed E-state index contributed by atoms with van der Waals surface area (Å²) in [6, 6.07) is 2.24. The van der Waals surface area contributed by atoms with E-state index in [4.69, 9.17) is 0 Å². The Morgan fingerprint density at radius 3 is 2.65 bits per heavy atom. The standard InChI is InChI=1S/C14H25N3/c1-5-12-9-13(17(6-2)16-12)10-15-14(3,4)11-7-8-11/h9,11,15H,5-8,10H2,1-4H3. The second-order valence-electron chi connectivity index (χ2n) is 5.65. The zero-order valence-corrected chi connectivity index (χ0v) is 11.6. The Hall–Kier alpha value is -0.830. The summed E-state index contributed by atoms with van der Waals surface area (Å²) in [5.74, 6) is 0.867. The zero-order chi connectivity index (χ0) is 12.5. The monoisotopic (exact) mass is 235 g/mol. The molecule has 1 aromatic heterocycles. The van der Waals surface area contributed by atoms with Gasteiger partial charge in [0.2, 0.25) is 0 Å². The quantitative estimate of drug-likeness (QED) is 0.821. The molecule has 0 amide bonds. The number of nitrogens with one attached hydrogen (secondary N) is 1. The van der Waals surface area contributed by atoms with Gasteiger partial charge in [-0.1, -0.05) is 6.92 Å². The van der Waals surface area contributed by atoms with Gasteiger partial charge in [-0.2, -0.15) is 5.10 Å². The molecule has 1 N–H and O–H groups in total. The molecule has 0 saturated heterocycles. The predicted octanol–water partition coefficient (Wildman–Crippen LogP) is 2.74. The van der Waals surface area contributed by atoms with Crippen molar-refractivity contribution in [3.8, 4) is 0 Å². The Balaban J connectivity index is 1.99. The molecule has 0 aromatic carbocycles. The highest BCUT2D eigenvalue weighted by molar-refractivity contribution is 5.11. The molecule has 1 fully saturated rings. The van der Waals surface area contributed by atoms with Crippen LogP contribution in [0.3, 0.4) is 0 Å². The zero-order valence-electron chi connectivity index (χ0n) is 11.6. The number of rotatable bonds is 6. The van der Waals surface area contributed by atoms with Crippen LogP contribution in [0.15, 0.2) is 6.07 Å². The highest BCUT2D eigenvalue weighted by Gasteiger charge is 2.37. The van der Waals surface area contributed by atoms with Crippen LogP contribution in [0.25, 0.3) is 0 Å². The van der Waals surface area contributed by atoms with E-state index in [-0.39, 0.29) is 5.54 Å². The Bertz CT molecular complexity index is 375. The number of hydrogen-bond donors (Lipinski definition) is 1. The minimum absolute atomic E-state index is 0.273. The van der Waals surface area contributed by atoms with Crippen LogP contribution in [0.2, 0.25) is 0 Å². The van der Waals surface area contributed by atoms with E-state index in [9.17, 15) is 0 Å². The molecular weight excluding hydrogens is 210 g/mol. The van der Waals surface area contributed by atoms with Gasteiger partial charge in [0.1, 0.15) is 0 Å². The molecule has 1 aliphatic carbocycles. The second-order valence-corrected chi connectivity index (χ2v) is 5.65. The van der Waals surface area contributed by atoms with Gasteiger partial charge in [-0.05, 0) is 52.0 Å². The molecule has 0 aliphatic heterocycles. The van der Waals surface area contributed by atoms with Crippen molar-refractivity contribution >= 4 is 0 Å². The van der Waals surface area contributed by atoms with Crippen molar-refractivity contribution in [3.63, 3.8) is 0 Å². The lowest BCUT2D eigenvalue weighted by Crippen LogP contribution is -2.41. The second kappa shape index (κ2) is 4.81. The molecule has 1 saturated carbocycles. The average molecular weight is 235 g/mol. The Labute approximate surface area is 105 Å². The number of aromatic nitrogens is 2. The molecule has 3 heteroatoms. The van der Waals surface area contributed by atoms with Crippen LogP contribution < -0.4 is 5.32 Å². The van der Waals surface area contributed by atoms with Gasteiger partial charge in [0, 0.05) is 18.6 Å². The van der Waals surface area contributed by atoms with Gasteiger partial charge < -0.3 is 5.32 Å². The molecule has 0 bridgehead atoms. The third-order valence-electron chi connectivity index (χ3n) is 3.90. The van der Waals surface area contributed by atoms with E-state index in [1.54, 1.807) is 0 Å². The van der Waals surface area contributed by atoms with Crippen molar-refractivity contribution in [2.24, 2.45) is 5.92 Å². The first kappa shape index (κ1) is 12.6. The van der Waals surface area contributed by atoms with Crippen molar-refractivity contribution in [1.29, 1.82) is 0 Å². The summed E-state index contributed by atoms with van der Waals surface area (Å²) in [5.41, 5.74) is 2.79. The molecule has 96 valence electrons. The van der Waals surface area contributed by atoms with Gasteiger partial charge in [0.15, 0.2) is 0 Å². The first-order valence-corrected chi connectivity index (χ1v) is 6.87. The van der Waals surface area contributed by atoms with E-state index in [0.29, 0.717) is 0 Å². The van der Waals surface area contributed by atoms with Crippen LogP contribution in [-0.4, -0.2) is 15.3 Å². The number of aryl methyl sites for hydroxylation is 2. The molecule has 0 radical (unpaired) electrons. The van der Waals surface area contributed by atoms with Crippen molar-refractivity contribution in [1.82, 2.24) is 15.1 Å². The fourth-order valence-corrected chi connectivity index (χ4v) is 2.37. The van der Waals surface area contributed by atoms with E-state index in [0.717, 1.165) is 25.4 Å². The Kier molecular flexibility index (Phi) is 3.57. The van der Waals surface area contributed by atoms with Gasteiger partial charge in [-0.25, -0.2) is 0 Å². The van der Waals surface area contributed by atoms with Crippen LogP contribution >= 0.6 is 0 Å². The van der Waals surface area contributed by atoms with Gasteiger partial charge in [0.25, 0.3) is 0 Å². The van der Waals surface area contributed by atoms with Crippen LogP contribution in [0, 0.1) is 5.92 Å². The molecule has 0 spiro atoms.